The highest BCUT2D eigenvalue weighted by Crippen LogP contribution is 2.34. The Morgan fingerprint density at radius 1 is 0.610 bits per heavy atom. The van der Waals surface area contributed by atoms with Crippen LogP contribution in [0.4, 0.5) is 37.7 Å². The van der Waals surface area contributed by atoms with E-state index in [2.05, 4.69) is 35.5 Å². The maximum absolute atomic E-state index is 13.1. The number of amides is 1. The molecule has 0 bridgehead atoms. The molecule has 6 aromatic heterocycles. The monoisotopic (exact) mass is 811 g/mol. The van der Waals surface area contributed by atoms with Crippen LogP contribution in [0.3, 0.4) is 0 Å². The number of nitrogens with one attached hydrogen (secondary N) is 1. The first-order valence-corrected chi connectivity index (χ1v) is 17.0. The van der Waals surface area contributed by atoms with Gasteiger partial charge in [-0.15, -0.1) is 0 Å². The second-order valence-corrected chi connectivity index (χ2v) is 12.7. The summed E-state index contributed by atoms with van der Waals surface area (Å²) < 4.78 is 80.8. The first kappa shape index (κ1) is 39.3. The SMILES string of the molecule is CNC(=O)c1cc(-c2cncc(N)c2)cc2c1cnn2-c1cccc(C(F)(F)F)n1.Nc1cncc(-c2cc(C(=O)O)c3cnn(-c4cccc(C(F)(F)F)n4)c3c2)c1. The Morgan fingerprint density at radius 2 is 1.05 bits per heavy atom. The van der Waals surface area contributed by atoms with Gasteiger partial charge in [-0.25, -0.2) is 24.1 Å². The summed E-state index contributed by atoms with van der Waals surface area (Å²) in [7, 11) is 1.49. The largest absolute Gasteiger partial charge is 0.478 e. The van der Waals surface area contributed by atoms with Gasteiger partial charge in [0.25, 0.3) is 5.91 Å². The number of alkyl halides is 6. The lowest BCUT2D eigenvalue weighted by Crippen LogP contribution is -2.18. The summed E-state index contributed by atoms with van der Waals surface area (Å²) in [6.07, 6.45) is -0.504. The number of halogens is 6. The van der Waals surface area contributed by atoms with Crippen LogP contribution in [0, 0.1) is 0 Å². The van der Waals surface area contributed by atoms with Gasteiger partial charge in [0.2, 0.25) is 0 Å². The normalized spacial score (nSPS) is 11.6. The Balaban J connectivity index is 0.000000179. The van der Waals surface area contributed by atoms with Crippen molar-refractivity contribution in [1.82, 2.24) is 44.8 Å². The van der Waals surface area contributed by atoms with Crippen LogP contribution in [0.1, 0.15) is 32.1 Å². The predicted octanol–water partition coefficient (Wildman–Crippen LogP) is 7.22. The number of nitrogen functional groups attached to an aromatic ring is 2. The van der Waals surface area contributed by atoms with Crippen molar-refractivity contribution in [3.8, 4) is 33.9 Å². The first-order chi connectivity index (χ1) is 28.0. The second kappa shape index (κ2) is 15.2. The molecule has 0 radical (unpaired) electrons. The molecule has 14 nitrogen and oxygen atoms in total. The van der Waals surface area contributed by atoms with E-state index in [1.165, 1.54) is 77.7 Å². The molecule has 59 heavy (non-hydrogen) atoms. The molecule has 0 fully saturated rings. The Morgan fingerprint density at radius 3 is 1.46 bits per heavy atom. The fraction of sp³-hybridized carbons (Fsp3) is 0.0769. The molecular formula is C39H27F6N11O3. The summed E-state index contributed by atoms with van der Waals surface area (Å²) in [5.41, 5.74) is 13.5. The van der Waals surface area contributed by atoms with E-state index in [1.54, 1.807) is 36.5 Å². The molecule has 6 N–H and O–H groups in total. The Kier molecular flexibility index (Phi) is 10.1. The van der Waals surface area contributed by atoms with Gasteiger partial charge in [0.1, 0.15) is 11.4 Å². The minimum atomic E-state index is -4.62. The van der Waals surface area contributed by atoms with Gasteiger partial charge >= 0.3 is 18.3 Å². The molecule has 8 rings (SSSR count). The Hall–Kier alpha value is -7.90. The predicted molar refractivity (Wildman–Crippen MR) is 203 cm³/mol. The molecule has 0 aliphatic rings. The molecule has 0 unspecified atom stereocenters. The number of nitrogens with two attached hydrogens (primary N) is 2. The minimum absolute atomic E-state index is 0.0227. The van der Waals surface area contributed by atoms with Gasteiger partial charge in [-0.05, 0) is 71.8 Å². The number of aromatic nitrogens is 8. The standard InChI is InChI=1S/C20H15F3N6O.C19H12F3N5O2/c1-25-19(30)14-6-11(12-5-13(24)9-26-8-12)7-16-15(14)10-27-29(16)18-4-2-3-17(28-18)20(21,22)23;20-19(21,22)16-2-1-3-17(26-16)27-15-6-10(11-4-12(23)8-24-7-11)5-13(18(28)29)14(15)9-25-27/h2-10H,24H2,1H3,(H,25,30);1-9H,23H2,(H,28,29). The lowest BCUT2D eigenvalue weighted by Gasteiger charge is -2.11. The maximum atomic E-state index is 13.1. The molecule has 20 heteroatoms. The minimum Gasteiger partial charge on any atom is -0.478 e. The van der Waals surface area contributed by atoms with Gasteiger partial charge < -0.3 is 21.9 Å². The molecule has 0 aliphatic heterocycles. The van der Waals surface area contributed by atoms with Crippen LogP contribution in [-0.2, 0) is 12.4 Å². The van der Waals surface area contributed by atoms with Gasteiger partial charge in [-0.2, -0.15) is 36.5 Å². The molecule has 0 atom stereocenters. The molecule has 1 amide bonds. The number of carboxylic acid groups (broad SMARTS) is 1. The fourth-order valence-electron chi connectivity index (χ4n) is 6.08. The summed E-state index contributed by atoms with van der Waals surface area (Å²) in [5.74, 6) is -1.68. The van der Waals surface area contributed by atoms with Gasteiger partial charge in [0, 0.05) is 53.7 Å². The molecule has 298 valence electrons. The zero-order valence-corrected chi connectivity index (χ0v) is 30.2. The number of hydrogen-bond acceptors (Lipinski definition) is 10. The number of nitrogens with zero attached hydrogens (tertiary/aromatic N) is 8. The van der Waals surface area contributed by atoms with Gasteiger partial charge in [0.05, 0.1) is 45.9 Å². The average molecular weight is 812 g/mol. The summed E-state index contributed by atoms with van der Waals surface area (Å²) in [5, 5.41) is 21.1. The molecular weight excluding hydrogens is 784 g/mol. The third-order valence-corrected chi connectivity index (χ3v) is 8.75. The summed E-state index contributed by atoms with van der Waals surface area (Å²) in [4.78, 5) is 39.6. The molecule has 0 saturated carbocycles. The van der Waals surface area contributed by atoms with Crippen LogP contribution in [0.5, 0.6) is 0 Å². The Bertz CT molecular complexity index is 2910. The van der Waals surface area contributed by atoms with E-state index in [4.69, 9.17) is 11.5 Å². The van der Waals surface area contributed by atoms with Crippen LogP contribution in [0.2, 0.25) is 0 Å². The van der Waals surface area contributed by atoms with Crippen molar-refractivity contribution in [3.05, 3.63) is 132 Å². The van der Waals surface area contributed by atoms with Crippen molar-refractivity contribution in [2.45, 2.75) is 12.4 Å². The van der Waals surface area contributed by atoms with Gasteiger partial charge in [-0.1, -0.05) is 12.1 Å². The number of carboxylic acids is 1. The summed E-state index contributed by atoms with van der Waals surface area (Å²) in [6.45, 7) is 0. The van der Waals surface area contributed by atoms with Gasteiger partial charge in [-0.3, -0.25) is 14.8 Å². The number of benzene rings is 2. The van der Waals surface area contributed by atoms with Crippen LogP contribution < -0.4 is 16.8 Å². The van der Waals surface area contributed by atoms with E-state index in [-0.39, 0.29) is 34.0 Å². The van der Waals surface area contributed by atoms with E-state index in [0.717, 1.165) is 12.1 Å². The van der Waals surface area contributed by atoms with E-state index in [1.807, 2.05) is 0 Å². The van der Waals surface area contributed by atoms with E-state index < -0.39 is 29.7 Å². The lowest BCUT2D eigenvalue weighted by molar-refractivity contribution is -0.141. The van der Waals surface area contributed by atoms with Crippen LogP contribution in [-0.4, -0.2) is 63.5 Å². The molecule has 6 heterocycles. The highest BCUT2D eigenvalue weighted by molar-refractivity contribution is 6.08. The van der Waals surface area contributed by atoms with Crippen LogP contribution in [0.15, 0.2) is 110 Å². The smallest absolute Gasteiger partial charge is 0.433 e. The molecule has 0 spiro atoms. The zero-order chi connectivity index (χ0) is 42.2. The quantitative estimate of drug-likeness (QED) is 0.123. The molecule has 0 aliphatic carbocycles. The van der Waals surface area contributed by atoms with Crippen LogP contribution >= 0.6 is 0 Å². The summed E-state index contributed by atoms with van der Waals surface area (Å²) >= 11 is 0. The van der Waals surface area contributed by atoms with Crippen molar-refractivity contribution in [2.75, 3.05) is 18.5 Å². The van der Waals surface area contributed by atoms with E-state index in [0.29, 0.717) is 50.1 Å². The van der Waals surface area contributed by atoms with E-state index >= 15 is 0 Å². The molecule has 8 aromatic rings. The van der Waals surface area contributed by atoms with Crippen molar-refractivity contribution in [2.24, 2.45) is 0 Å². The maximum Gasteiger partial charge on any atom is 0.433 e. The van der Waals surface area contributed by atoms with E-state index in [9.17, 15) is 41.0 Å². The number of carbonyl (C=O) groups is 2. The highest BCUT2D eigenvalue weighted by atomic mass is 19.4. The molecule has 0 saturated heterocycles. The highest BCUT2D eigenvalue weighted by Gasteiger charge is 2.34. The van der Waals surface area contributed by atoms with Gasteiger partial charge in [0.15, 0.2) is 11.6 Å². The number of anilines is 2. The lowest BCUT2D eigenvalue weighted by atomic mass is 10.0. The average Bonchev–Trinajstić information content (AvgIpc) is 3.84. The number of hydrogen-bond donors (Lipinski definition) is 4. The third kappa shape index (κ3) is 8.04. The van der Waals surface area contributed by atoms with Crippen molar-refractivity contribution in [3.63, 3.8) is 0 Å². The number of rotatable bonds is 6. The molecule has 2 aromatic carbocycles. The fourth-order valence-corrected chi connectivity index (χ4v) is 6.08. The summed E-state index contributed by atoms with van der Waals surface area (Å²) in [6, 6.07) is 16.7. The first-order valence-electron chi connectivity index (χ1n) is 17.0. The number of fused-ring (bicyclic) bond motifs is 2. The number of pyridine rings is 4. The zero-order valence-electron chi connectivity index (χ0n) is 30.2. The van der Waals surface area contributed by atoms with Crippen LogP contribution in [0.25, 0.3) is 55.7 Å². The number of aromatic carboxylic acids is 1. The Labute approximate surface area is 327 Å². The van der Waals surface area contributed by atoms with Crippen molar-refractivity contribution in [1.29, 1.82) is 0 Å². The van der Waals surface area contributed by atoms with Crippen molar-refractivity contribution < 1.29 is 41.0 Å². The number of carbonyl (C=O) groups excluding carboxylic acids is 1. The second-order valence-electron chi connectivity index (χ2n) is 12.7. The topological polar surface area (TPSA) is 206 Å². The van der Waals surface area contributed by atoms with Crippen molar-refractivity contribution >= 4 is 45.1 Å². The third-order valence-electron chi connectivity index (χ3n) is 8.75.